The van der Waals surface area contributed by atoms with Gasteiger partial charge in [0.25, 0.3) is 0 Å². The van der Waals surface area contributed by atoms with E-state index in [-0.39, 0.29) is 36.0 Å². The highest BCUT2D eigenvalue weighted by Gasteiger charge is 2.34. The summed E-state index contributed by atoms with van der Waals surface area (Å²) in [6.45, 7) is 8.62. The van der Waals surface area contributed by atoms with Gasteiger partial charge >= 0.3 is 0 Å². The molecule has 2 aliphatic rings. The first-order valence-corrected chi connectivity index (χ1v) is 10.9. The number of hydrogen-bond acceptors (Lipinski definition) is 4. The molecule has 1 N–H and O–H groups in total. The number of amides is 2. The Morgan fingerprint density at radius 2 is 1.76 bits per heavy atom. The second-order valence-corrected chi connectivity index (χ2v) is 8.86. The minimum absolute atomic E-state index is 0.0152. The van der Waals surface area contributed by atoms with Crippen molar-refractivity contribution in [1.29, 1.82) is 0 Å². The lowest BCUT2D eigenvalue weighted by Crippen LogP contribution is -2.52. The van der Waals surface area contributed by atoms with Gasteiger partial charge in [0.2, 0.25) is 11.8 Å². The molecule has 0 spiro atoms. The van der Waals surface area contributed by atoms with Crippen molar-refractivity contribution < 1.29 is 14.3 Å². The average Bonchev–Trinajstić information content (AvgIpc) is 2.69. The van der Waals surface area contributed by atoms with E-state index in [0.29, 0.717) is 41.9 Å². The van der Waals surface area contributed by atoms with E-state index in [1.54, 1.807) is 18.2 Å². The van der Waals surface area contributed by atoms with Gasteiger partial charge in [-0.3, -0.25) is 14.5 Å². The van der Waals surface area contributed by atoms with Crippen molar-refractivity contribution in [2.24, 2.45) is 5.92 Å². The molecular weight excluding hydrogens is 413 g/mol. The highest BCUT2D eigenvalue weighted by Crippen LogP contribution is 2.30. The summed E-state index contributed by atoms with van der Waals surface area (Å²) in [6.07, 6.45) is 1.66. The lowest BCUT2D eigenvalue weighted by molar-refractivity contribution is -0.149. The number of halogens is 2. The Bertz CT molecular complexity index is 743. The van der Waals surface area contributed by atoms with Crippen LogP contribution in [0.2, 0.25) is 10.0 Å². The Morgan fingerprint density at radius 3 is 2.38 bits per heavy atom. The van der Waals surface area contributed by atoms with Crippen molar-refractivity contribution in [2.45, 2.75) is 51.9 Å². The zero-order chi connectivity index (χ0) is 21.1. The molecule has 2 heterocycles. The average molecular weight is 442 g/mol. The van der Waals surface area contributed by atoms with E-state index in [1.165, 1.54) is 0 Å². The molecule has 6 nitrogen and oxygen atoms in total. The molecular formula is C21H29Cl2N3O3. The van der Waals surface area contributed by atoms with E-state index in [9.17, 15) is 9.59 Å². The van der Waals surface area contributed by atoms with E-state index < -0.39 is 0 Å². The van der Waals surface area contributed by atoms with Crippen molar-refractivity contribution in [3.8, 4) is 0 Å². The van der Waals surface area contributed by atoms with Crippen molar-refractivity contribution in [3.05, 3.63) is 28.2 Å². The molecule has 2 fully saturated rings. The Hall–Kier alpha value is -1.34. The number of carbonyl (C=O) groups is 2. The van der Waals surface area contributed by atoms with E-state index >= 15 is 0 Å². The number of ether oxygens (including phenoxy) is 1. The highest BCUT2D eigenvalue weighted by molar-refractivity contribution is 6.44. The third-order valence-electron chi connectivity index (χ3n) is 5.75. The van der Waals surface area contributed by atoms with Gasteiger partial charge < -0.3 is 15.0 Å². The Balaban J connectivity index is 1.52. The fourth-order valence-corrected chi connectivity index (χ4v) is 4.50. The molecule has 2 aliphatic heterocycles. The number of anilines is 1. The van der Waals surface area contributed by atoms with Gasteiger partial charge in [0.15, 0.2) is 0 Å². The second kappa shape index (κ2) is 9.65. The number of nitrogens with zero attached hydrogens (tertiary/aromatic N) is 2. The van der Waals surface area contributed by atoms with Crippen LogP contribution in [-0.2, 0) is 14.3 Å². The molecule has 1 aromatic carbocycles. The topological polar surface area (TPSA) is 61.9 Å². The zero-order valence-corrected chi connectivity index (χ0v) is 18.7. The second-order valence-electron chi connectivity index (χ2n) is 8.08. The molecule has 3 atom stereocenters. The first-order chi connectivity index (χ1) is 13.8. The summed E-state index contributed by atoms with van der Waals surface area (Å²) in [5.41, 5.74) is 0.511. The van der Waals surface area contributed by atoms with Crippen LogP contribution >= 0.6 is 23.2 Å². The van der Waals surface area contributed by atoms with Gasteiger partial charge in [-0.05, 0) is 58.8 Å². The Morgan fingerprint density at radius 1 is 1.14 bits per heavy atom. The number of benzene rings is 1. The summed E-state index contributed by atoms with van der Waals surface area (Å²) in [5, 5.41) is 3.60. The summed E-state index contributed by atoms with van der Waals surface area (Å²) in [5.74, 6) is 0.102. The summed E-state index contributed by atoms with van der Waals surface area (Å²) in [7, 11) is 0. The van der Waals surface area contributed by atoms with Crippen molar-refractivity contribution in [1.82, 2.24) is 9.80 Å². The number of nitrogens with one attached hydrogen (secondary N) is 1. The van der Waals surface area contributed by atoms with Gasteiger partial charge in [-0.1, -0.05) is 29.3 Å². The monoisotopic (exact) mass is 441 g/mol. The molecule has 29 heavy (non-hydrogen) atoms. The lowest BCUT2D eigenvalue weighted by Gasteiger charge is -2.40. The molecule has 0 radical (unpaired) electrons. The predicted octanol–water partition coefficient (Wildman–Crippen LogP) is 3.67. The molecule has 0 bridgehead atoms. The first kappa shape index (κ1) is 22.3. The maximum Gasteiger partial charge on any atom is 0.241 e. The number of likely N-dealkylation sites (tertiary alicyclic amines) is 1. The largest absolute Gasteiger partial charge is 0.372 e. The van der Waals surface area contributed by atoms with Gasteiger partial charge in [0.1, 0.15) is 0 Å². The molecule has 0 aliphatic carbocycles. The summed E-state index contributed by atoms with van der Waals surface area (Å²) in [4.78, 5) is 29.6. The fourth-order valence-electron chi connectivity index (χ4n) is 4.15. The summed E-state index contributed by atoms with van der Waals surface area (Å²) in [6, 6.07) is 4.85. The number of piperidine rings is 1. The molecule has 0 aromatic heterocycles. The minimum Gasteiger partial charge on any atom is -0.372 e. The molecule has 2 amide bonds. The van der Waals surface area contributed by atoms with E-state index in [2.05, 4.69) is 10.2 Å². The van der Waals surface area contributed by atoms with Crippen LogP contribution in [-0.4, -0.2) is 66.0 Å². The van der Waals surface area contributed by atoms with Gasteiger partial charge in [0, 0.05) is 19.0 Å². The predicted molar refractivity (Wildman–Crippen MR) is 115 cm³/mol. The van der Waals surface area contributed by atoms with Crippen LogP contribution in [0.1, 0.15) is 33.6 Å². The first-order valence-electron chi connectivity index (χ1n) is 10.2. The molecule has 0 saturated carbocycles. The fraction of sp³-hybridized carbons (Fsp3) is 0.619. The van der Waals surface area contributed by atoms with Crippen molar-refractivity contribution >= 4 is 40.7 Å². The molecule has 1 aromatic rings. The van der Waals surface area contributed by atoms with Gasteiger partial charge in [-0.25, -0.2) is 0 Å². The van der Waals surface area contributed by atoms with E-state index in [1.807, 2.05) is 25.7 Å². The molecule has 160 valence electrons. The number of morpholine rings is 1. The Labute approximate surface area is 182 Å². The quantitative estimate of drug-likeness (QED) is 0.773. The standard InChI is InChI=1S/C21H29Cl2N3O3/c1-13-11-26(12-14(2)29-13)21(28)16-7-9-25(10-8-16)15(3)20(27)24-18-6-4-5-17(22)19(18)23/h4-6,13-16H,7-12H2,1-3H3,(H,24,27). The highest BCUT2D eigenvalue weighted by atomic mass is 35.5. The molecule has 3 rings (SSSR count). The zero-order valence-electron chi connectivity index (χ0n) is 17.2. The number of rotatable bonds is 4. The maximum absolute atomic E-state index is 12.9. The SMILES string of the molecule is CC1CN(C(=O)C2CCN(C(C)C(=O)Nc3cccc(Cl)c3Cl)CC2)CC(C)O1. The van der Waals surface area contributed by atoms with Crippen LogP contribution in [0.25, 0.3) is 0 Å². The normalized spacial score (nSPS) is 24.9. The molecule has 2 saturated heterocycles. The summed E-state index contributed by atoms with van der Waals surface area (Å²) < 4.78 is 5.73. The van der Waals surface area contributed by atoms with Gasteiger partial charge in [-0.15, -0.1) is 0 Å². The molecule has 3 unspecified atom stereocenters. The number of carbonyl (C=O) groups excluding carboxylic acids is 2. The third kappa shape index (κ3) is 5.43. The molecule has 8 heteroatoms. The van der Waals surface area contributed by atoms with Crippen LogP contribution in [0.3, 0.4) is 0 Å². The van der Waals surface area contributed by atoms with E-state index in [4.69, 9.17) is 27.9 Å². The van der Waals surface area contributed by atoms with Crippen LogP contribution in [0, 0.1) is 5.92 Å². The van der Waals surface area contributed by atoms with Crippen LogP contribution < -0.4 is 5.32 Å². The minimum atomic E-state index is -0.315. The van der Waals surface area contributed by atoms with Crippen molar-refractivity contribution in [2.75, 3.05) is 31.5 Å². The van der Waals surface area contributed by atoms with Gasteiger partial charge in [-0.2, -0.15) is 0 Å². The smallest absolute Gasteiger partial charge is 0.241 e. The lowest BCUT2D eigenvalue weighted by atomic mass is 9.93. The number of hydrogen-bond donors (Lipinski definition) is 1. The van der Waals surface area contributed by atoms with Crippen LogP contribution in [0.4, 0.5) is 5.69 Å². The van der Waals surface area contributed by atoms with Crippen molar-refractivity contribution in [3.63, 3.8) is 0 Å². The van der Waals surface area contributed by atoms with Crippen LogP contribution in [0.5, 0.6) is 0 Å². The maximum atomic E-state index is 12.9. The van der Waals surface area contributed by atoms with Gasteiger partial charge in [0.05, 0.1) is 34.0 Å². The summed E-state index contributed by atoms with van der Waals surface area (Å²) >= 11 is 12.2. The third-order valence-corrected chi connectivity index (χ3v) is 6.57. The Kier molecular flexibility index (Phi) is 7.43. The van der Waals surface area contributed by atoms with E-state index in [0.717, 1.165) is 12.8 Å². The van der Waals surface area contributed by atoms with Crippen LogP contribution in [0.15, 0.2) is 18.2 Å².